The highest BCUT2D eigenvalue weighted by Crippen LogP contribution is 2.25. The molecule has 0 unspecified atom stereocenters. The van der Waals surface area contributed by atoms with E-state index in [2.05, 4.69) is 17.2 Å². The van der Waals surface area contributed by atoms with E-state index in [1.807, 2.05) is 6.07 Å². The molecule has 6 heteroatoms. The van der Waals surface area contributed by atoms with E-state index in [1.54, 1.807) is 30.6 Å². The normalized spacial score (nSPS) is 11.1. The number of ether oxygens (including phenoxy) is 1. The predicted molar refractivity (Wildman–Crippen MR) is 82.6 cm³/mol. The molecule has 0 atom stereocenters. The number of aromatic nitrogens is 1. The fourth-order valence-corrected chi connectivity index (χ4v) is 2.40. The highest BCUT2D eigenvalue weighted by molar-refractivity contribution is 7.90. The van der Waals surface area contributed by atoms with E-state index in [-0.39, 0.29) is 4.90 Å². The number of rotatable bonds is 6. The summed E-state index contributed by atoms with van der Waals surface area (Å²) in [6.45, 7) is 2.94. The molecule has 0 aliphatic heterocycles. The van der Waals surface area contributed by atoms with Crippen LogP contribution in [-0.2, 0) is 9.84 Å². The number of hydrogen-bond acceptors (Lipinski definition) is 5. The van der Waals surface area contributed by atoms with E-state index >= 15 is 0 Å². The average Bonchev–Trinajstić information content (AvgIpc) is 2.45. The summed E-state index contributed by atoms with van der Waals surface area (Å²) in [5, 5.41) is 3.22. The molecule has 21 heavy (non-hydrogen) atoms. The van der Waals surface area contributed by atoms with Crippen molar-refractivity contribution in [3.8, 4) is 11.5 Å². The lowest BCUT2D eigenvalue weighted by Gasteiger charge is -2.09. The summed E-state index contributed by atoms with van der Waals surface area (Å²) in [6, 6.07) is 8.23. The smallest absolute Gasteiger partial charge is 0.175 e. The summed E-state index contributed by atoms with van der Waals surface area (Å²) < 4.78 is 28.7. The quantitative estimate of drug-likeness (QED) is 0.888. The largest absolute Gasteiger partial charge is 0.456 e. The predicted octanol–water partition coefficient (Wildman–Crippen LogP) is 3.10. The second-order valence-electron chi connectivity index (χ2n) is 4.69. The summed E-state index contributed by atoms with van der Waals surface area (Å²) >= 11 is 0. The Kier molecular flexibility index (Phi) is 4.80. The van der Waals surface area contributed by atoms with Crippen LogP contribution >= 0.6 is 0 Å². The van der Waals surface area contributed by atoms with Gasteiger partial charge in [0, 0.05) is 18.9 Å². The van der Waals surface area contributed by atoms with Crippen LogP contribution in [0, 0.1) is 0 Å². The summed E-state index contributed by atoms with van der Waals surface area (Å²) in [6.07, 6.45) is 5.49. The van der Waals surface area contributed by atoms with E-state index in [1.165, 1.54) is 12.3 Å². The number of pyridine rings is 1. The van der Waals surface area contributed by atoms with Gasteiger partial charge in [0.2, 0.25) is 0 Å². The highest BCUT2D eigenvalue weighted by atomic mass is 32.2. The monoisotopic (exact) mass is 306 g/mol. The molecule has 0 aliphatic carbocycles. The van der Waals surface area contributed by atoms with Crippen LogP contribution in [0.25, 0.3) is 0 Å². The van der Waals surface area contributed by atoms with Crippen LogP contribution in [0.2, 0.25) is 0 Å². The summed E-state index contributed by atoms with van der Waals surface area (Å²) in [4.78, 5) is 4.33. The fourth-order valence-electron chi connectivity index (χ4n) is 1.75. The molecule has 0 saturated heterocycles. The van der Waals surface area contributed by atoms with Crippen LogP contribution in [0.1, 0.15) is 13.3 Å². The van der Waals surface area contributed by atoms with Gasteiger partial charge in [-0.15, -0.1) is 0 Å². The van der Waals surface area contributed by atoms with Crippen LogP contribution in [-0.4, -0.2) is 26.2 Å². The van der Waals surface area contributed by atoms with Crippen LogP contribution in [0.15, 0.2) is 47.6 Å². The number of nitrogens with zero attached hydrogens (tertiary/aromatic N) is 1. The Morgan fingerprint density at radius 2 is 2.00 bits per heavy atom. The lowest BCUT2D eigenvalue weighted by atomic mass is 10.3. The maximum atomic E-state index is 11.5. The van der Waals surface area contributed by atoms with Crippen molar-refractivity contribution in [2.75, 3.05) is 18.1 Å². The van der Waals surface area contributed by atoms with Gasteiger partial charge in [0.05, 0.1) is 23.0 Å². The van der Waals surface area contributed by atoms with Crippen LogP contribution in [0.5, 0.6) is 11.5 Å². The highest BCUT2D eigenvalue weighted by Gasteiger charge is 2.08. The van der Waals surface area contributed by atoms with Crippen molar-refractivity contribution in [2.45, 2.75) is 18.2 Å². The van der Waals surface area contributed by atoms with E-state index in [0.29, 0.717) is 11.5 Å². The zero-order chi connectivity index (χ0) is 15.3. The van der Waals surface area contributed by atoms with Gasteiger partial charge in [0.25, 0.3) is 0 Å². The molecule has 0 radical (unpaired) electrons. The van der Waals surface area contributed by atoms with Crippen LogP contribution in [0.4, 0.5) is 5.69 Å². The first-order chi connectivity index (χ1) is 9.99. The molecule has 0 bridgehead atoms. The first kappa shape index (κ1) is 15.3. The molecule has 1 N–H and O–H groups in total. The molecule has 0 saturated carbocycles. The number of hydrogen-bond donors (Lipinski definition) is 1. The summed E-state index contributed by atoms with van der Waals surface area (Å²) in [5.74, 6) is 1.02. The van der Waals surface area contributed by atoms with Gasteiger partial charge in [-0.3, -0.25) is 4.98 Å². The Hall–Kier alpha value is -2.08. The molecule has 0 spiro atoms. The lowest BCUT2D eigenvalue weighted by molar-refractivity contribution is 0.478. The molecule has 1 heterocycles. The standard InChI is InChI=1S/C15H18N2O3S/c1-3-7-17-12-8-14(11-16-10-12)20-13-5-4-6-15(9-13)21(2,18)19/h4-6,8-11,17H,3,7H2,1-2H3. The van der Waals surface area contributed by atoms with Gasteiger partial charge in [-0.1, -0.05) is 13.0 Å². The van der Waals surface area contributed by atoms with E-state index in [4.69, 9.17) is 4.74 Å². The molecule has 5 nitrogen and oxygen atoms in total. The molecular weight excluding hydrogens is 288 g/mol. The Morgan fingerprint density at radius 3 is 2.71 bits per heavy atom. The Labute approximate surface area is 124 Å². The molecular formula is C15H18N2O3S. The average molecular weight is 306 g/mol. The van der Waals surface area contributed by atoms with Gasteiger partial charge in [0.1, 0.15) is 11.5 Å². The third-order valence-corrected chi connectivity index (χ3v) is 3.87. The topological polar surface area (TPSA) is 68.3 Å². The van der Waals surface area contributed by atoms with Crippen LogP contribution in [0.3, 0.4) is 0 Å². The minimum absolute atomic E-state index is 0.230. The first-order valence-electron chi connectivity index (χ1n) is 6.66. The summed E-state index contributed by atoms with van der Waals surface area (Å²) in [5.41, 5.74) is 0.869. The molecule has 2 rings (SSSR count). The molecule has 0 amide bonds. The second kappa shape index (κ2) is 6.58. The zero-order valence-corrected chi connectivity index (χ0v) is 12.9. The molecule has 0 fully saturated rings. The molecule has 1 aromatic carbocycles. The fraction of sp³-hybridized carbons (Fsp3) is 0.267. The minimum atomic E-state index is -3.25. The Balaban J connectivity index is 2.18. The molecule has 1 aromatic heterocycles. The number of anilines is 1. The summed E-state index contributed by atoms with van der Waals surface area (Å²) in [7, 11) is -3.25. The number of nitrogens with one attached hydrogen (secondary N) is 1. The maximum Gasteiger partial charge on any atom is 0.175 e. The van der Waals surface area contributed by atoms with Crippen molar-refractivity contribution >= 4 is 15.5 Å². The number of sulfone groups is 1. The van der Waals surface area contributed by atoms with Crippen molar-refractivity contribution in [1.29, 1.82) is 0 Å². The second-order valence-corrected chi connectivity index (χ2v) is 6.70. The molecule has 112 valence electrons. The van der Waals surface area contributed by atoms with Gasteiger partial charge in [-0.25, -0.2) is 8.42 Å². The van der Waals surface area contributed by atoms with E-state index in [9.17, 15) is 8.42 Å². The lowest BCUT2D eigenvalue weighted by Crippen LogP contribution is -2.00. The Bertz CT molecular complexity index is 714. The van der Waals surface area contributed by atoms with Crippen molar-refractivity contribution in [2.24, 2.45) is 0 Å². The SMILES string of the molecule is CCCNc1cncc(Oc2cccc(S(C)(=O)=O)c2)c1. The van der Waals surface area contributed by atoms with Crippen molar-refractivity contribution in [1.82, 2.24) is 4.98 Å². The van der Waals surface area contributed by atoms with Crippen molar-refractivity contribution < 1.29 is 13.2 Å². The molecule has 2 aromatic rings. The Morgan fingerprint density at radius 1 is 1.19 bits per heavy atom. The first-order valence-corrected chi connectivity index (χ1v) is 8.55. The van der Waals surface area contributed by atoms with Gasteiger partial charge in [-0.2, -0.15) is 0 Å². The van der Waals surface area contributed by atoms with Gasteiger partial charge >= 0.3 is 0 Å². The van der Waals surface area contributed by atoms with Crippen molar-refractivity contribution in [3.63, 3.8) is 0 Å². The molecule has 0 aliphatic rings. The van der Waals surface area contributed by atoms with Crippen LogP contribution < -0.4 is 10.1 Å². The maximum absolute atomic E-state index is 11.5. The van der Waals surface area contributed by atoms with Gasteiger partial charge in [-0.05, 0) is 24.6 Å². The zero-order valence-electron chi connectivity index (χ0n) is 12.0. The third-order valence-electron chi connectivity index (χ3n) is 2.76. The van der Waals surface area contributed by atoms with Gasteiger partial charge < -0.3 is 10.1 Å². The van der Waals surface area contributed by atoms with Crippen molar-refractivity contribution in [3.05, 3.63) is 42.7 Å². The third kappa shape index (κ3) is 4.46. The van der Waals surface area contributed by atoms with Gasteiger partial charge in [0.15, 0.2) is 9.84 Å². The number of benzene rings is 1. The van der Waals surface area contributed by atoms with E-state index in [0.717, 1.165) is 18.7 Å². The van der Waals surface area contributed by atoms with E-state index < -0.39 is 9.84 Å². The minimum Gasteiger partial charge on any atom is -0.456 e.